The van der Waals surface area contributed by atoms with Crippen molar-refractivity contribution in [1.29, 1.82) is 0 Å². The second-order valence-corrected chi connectivity index (χ2v) is 10.7. The molecular weight excluding hydrogens is 438 g/mol. The Morgan fingerprint density at radius 2 is 1.58 bits per heavy atom. The maximum atomic E-state index is 12.7. The Kier molecular flexibility index (Phi) is 5.32. The van der Waals surface area contributed by atoms with Crippen LogP contribution in [-0.2, 0) is 20.0 Å². The number of hydrogen-bond donors (Lipinski definition) is 0. The maximum absolute atomic E-state index is 12.7. The van der Waals surface area contributed by atoms with Crippen LogP contribution in [0.4, 0.5) is 0 Å². The molecule has 7 nitrogen and oxygen atoms in total. The minimum Gasteiger partial charge on any atom is -0.436 e. The van der Waals surface area contributed by atoms with E-state index >= 15 is 0 Å². The average molecular weight is 458 g/mol. The van der Waals surface area contributed by atoms with Gasteiger partial charge in [-0.2, -0.15) is 8.42 Å². The second-order valence-electron chi connectivity index (χ2n) is 6.90. The number of aromatic nitrogens is 1. The van der Waals surface area contributed by atoms with Crippen LogP contribution >= 0.6 is 0 Å². The number of nitrogens with zero attached hydrogens (tertiary/aromatic N) is 1. The van der Waals surface area contributed by atoms with Gasteiger partial charge in [0.25, 0.3) is 0 Å². The van der Waals surface area contributed by atoms with E-state index < -0.39 is 20.0 Å². The van der Waals surface area contributed by atoms with Crippen LogP contribution in [0.3, 0.4) is 0 Å². The molecule has 3 aromatic carbocycles. The summed E-state index contributed by atoms with van der Waals surface area (Å²) in [5.41, 5.74) is 1.98. The third-order valence-corrected chi connectivity index (χ3v) is 7.71. The number of sulfone groups is 1. The van der Waals surface area contributed by atoms with Crippen molar-refractivity contribution in [1.82, 2.24) is 4.98 Å². The molecule has 160 valence electrons. The molecule has 1 heterocycles. The van der Waals surface area contributed by atoms with Gasteiger partial charge in [0.2, 0.25) is 5.89 Å². The van der Waals surface area contributed by atoms with Crippen molar-refractivity contribution in [3.63, 3.8) is 0 Å². The van der Waals surface area contributed by atoms with E-state index in [9.17, 15) is 16.8 Å². The lowest BCUT2D eigenvalue weighted by atomic mass is 10.2. The van der Waals surface area contributed by atoms with Crippen LogP contribution in [-0.4, -0.2) is 27.6 Å². The van der Waals surface area contributed by atoms with Crippen LogP contribution in [0.15, 0.2) is 80.9 Å². The van der Waals surface area contributed by atoms with Crippen LogP contribution in [0.5, 0.6) is 5.75 Å². The van der Waals surface area contributed by atoms with Gasteiger partial charge in [-0.1, -0.05) is 36.8 Å². The number of rotatable bonds is 6. The van der Waals surface area contributed by atoms with Gasteiger partial charge >= 0.3 is 10.1 Å². The fourth-order valence-electron chi connectivity index (χ4n) is 2.97. The van der Waals surface area contributed by atoms with E-state index in [-0.39, 0.29) is 27.2 Å². The lowest BCUT2D eigenvalue weighted by Crippen LogP contribution is -2.10. The zero-order valence-corrected chi connectivity index (χ0v) is 18.4. The Labute approximate surface area is 180 Å². The van der Waals surface area contributed by atoms with Crippen LogP contribution < -0.4 is 4.18 Å². The van der Waals surface area contributed by atoms with Gasteiger partial charge < -0.3 is 8.60 Å². The first-order valence-corrected chi connectivity index (χ1v) is 12.5. The Balaban J connectivity index is 1.75. The molecule has 0 spiro atoms. The van der Waals surface area contributed by atoms with Gasteiger partial charge in [-0.3, -0.25) is 0 Å². The highest BCUT2D eigenvalue weighted by molar-refractivity contribution is 7.91. The zero-order chi connectivity index (χ0) is 22.2. The van der Waals surface area contributed by atoms with Crippen LogP contribution in [0.1, 0.15) is 12.5 Å². The summed E-state index contributed by atoms with van der Waals surface area (Å²) in [5.74, 6) is 0.142. The number of fused-ring (bicyclic) bond motifs is 1. The molecule has 9 heteroatoms. The summed E-state index contributed by atoms with van der Waals surface area (Å²) in [7, 11) is -7.47. The Morgan fingerprint density at radius 1 is 0.903 bits per heavy atom. The third kappa shape index (κ3) is 4.19. The van der Waals surface area contributed by atoms with E-state index in [1.54, 1.807) is 37.3 Å². The molecule has 0 aliphatic heterocycles. The van der Waals surface area contributed by atoms with E-state index in [1.807, 2.05) is 6.92 Å². The minimum absolute atomic E-state index is 0.0277. The standard InChI is InChI=1S/C22H19NO6S2/c1-3-30(24,25)17-12-13-21-19(14-17)23-22(28-21)18-6-4-5-7-20(18)29-31(26,27)16-10-8-15(2)9-11-16/h4-14H,3H2,1-2H3. The predicted octanol–water partition coefficient (Wildman–Crippen LogP) is 4.36. The summed E-state index contributed by atoms with van der Waals surface area (Å²) in [6, 6.07) is 17.2. The summed E-state index contributed by atoms with van der Waals surface area (Å²) >= 11 is 0. The van der Waals surface area contributed by atoms with Crippen molar-refractivity contribution in [2.75, 3.05) is 5.75 Å². The van der Waals surface area contributed by atoms with E-state index in [2.05, 4.69) is 4.98 Å². The van der Waals surface area contributed by atoms with E-state index in [0.29, 0.717) is 16.7 Å². The third-order valence-electron chi connectivity index (χ3n) is 4.72. The lowest BCUT2D eigenvalue weighted by molar-refractivity contribution is 0.485. The molecule has 0 bridgehead atoms. The topological polar surface area (TPSA) is 104 Å². The normalized spacial score (nSPS) is 12.2. The molecule has 0 unspecified atom stereocenters. The monoisotopic (exact) mass is 457 g/mol. The van der Waals surface area contributed by atoms with Crippen LogP contribution in [0.2, 0.25) is 0 Å². The summed E-state index contributed by atoms with van der Waals surface area (Å²) in [5, 5.41) is 0. The van der Waals surface area contributed by atoms with Crippen molar-refractivity contribution in [2.24, 2.45) is 0 Å². The predicted molar refractivity (Wildman–Crippen MR) is 116 cm³/mol. The smallest absolute Gasteiger partial charge is 0.339 e. The molecule has 0 radical (unpaired) electrons. The SMILES string of the molecule is CCS(=O)(=O)c1ccc2oc(-c3ccccc3OS(=O)(=O)c3ccc(C)cc3)nc2c1. The van der Waals surface area contributed by atoms with Crippen molar-refractivity contribution < 1.29 is 25.4 Å². The maximum Gasteiger partial charge on any atom is 0.339 e. The Morgan fingerprint density at radius 3 is 2.29 bits per heavy atom. The Bertz CT molecular complexity index is 1470. The molecule has 0 aliphatic rings. The summed E-state index contributed by atoms with van der Waals surface area (Å²) < 4.78 is 60.9. The van der Waals surface area contributed by atoms with Crippen LogP contribution in [0, 0.1) is 6.92 Å². The number of hydrogen-bond acceptors (Lipinski definition) is 7. The van der Waals surface area contributed by atoms with E-state index in [0.717, 1.165) is 5.56 Å². The van der Waals surface area contributed by atoms with Gasteiger partial charge in [-0.05, 0) is 49.4 Å². The van der Waals surface area contributed by atoms with Gasteiger partial charge in [0.05, 0.1) is 16.2 Å². The van der Waals surface area contributed by atoms with E-state index in [1.165, 1.54) is 36.4 Å². The molecule has 4 aromatic rings. The molecule has 0 saturated carbocycles. The number of benzene rings is 3. The van der Waals surface area contributed by atoms with Crippen molar-refractivity contribution in [3.05, 3.63) is 72.3 Å². The minimum atomic E-state index is -4.07. The largest absolute Gasteiger partial charge is 0.436 e. The number of para-hydroxylation sites is 1. The first-order valence-electron chi connectivity index (χ1n) is 9.43. The quantitative estimate of drug-likeness (QED) is 0.396. The molecule has 0 saturated heterocycles. The first kappa shape index (κ1) is 21.1. The first-order chi connectivity index (χ1) is 14.7. The summed E-state index contributed by atoms with van der Waals surface area (Å²) in [4.78, 5) is 4.54. The summed E-state index contributed by atoms with van der Waals surface area (Å²) in [6.45, 7) is 3.42. The van der Waals surface area contributed by atoms with Gasteiger partial charge in [0.15, 0.2) is 21.2 Å². The Hall–Kier alpha value is -3.17. The molecule has 1 aromatic heterocycles. The fraction of sp³-hybridized carbons (Fsp3) is 0.136. The van der Waals surface area contributed by atoms with Gasteiger partial charge in [0, 0.05) is 0 Å². The van der Waals surface area contributed by atoms with Crippen molar-refractivity contribution in [3.8, 4) is 17.2 Å². The number of aryl methyl sites for hydroxylation is 1. The van der Waals surface area contributed by atoms with Gasteiger partial charge in [-0.25, -0.2) is 13.4 Å². The molecule has 0 N–H and O–H groups in total. The molecule has 0 amide bonds. The number of oxazole rings is 1. The van der Waals surface area contributed by atoms with Gasteiger partial charge in [-0.15, -0.1) is 0 Å². The average Bonchev–Trinajstić information content (AvgIpc) is 3.17. The second kappa shape index (κ2) is 7.82. The highest BCUT2D eigenvalue weighted by Crippen LogP contribution is 2.34. The van der Waals surface area contributed by atoms with E-state index in [4.69, 9.17) is 8.60 Å². The fourth-order valence-corrected chi connectivity index (χ4v) is 4.82. The zero-order valence-electron chi connectivity index (χ0n) is 16.8. The lowest BCUT2D eigenvalue weighted by Gasteiger charge is -2.09. The molecule has 0 fully saturated rings. The highest BCUT2D eigenvalue weighted by atomic mass is 32.2. The molecular formula is C22H19NO6S2. The van der Waals surface area contributed by atoms with Crippen molar-refractivity contribution >= 4 is 31.1 Å². The molecule has 31 heavy (non-hydrogen) atoms. The van der Waals surface area contributed by atoms with Crippen molar-refractivity contribution in [2.45, 2.75) is 23.6 Å². The molecule has 0 aliphatic carbocycles. The van der Waals surface area contributed by atoms with Crippen LogP contribution in [0.25, 0.3) is 22.6 Å². The summed E-state index contributed by atoms with van der Waals surface area (Å²) in [6.07, 6.45) is 0. The highest BCUT2D eigenvalue weighted by Gasteiger charge is 2.21. The molecule has 4 rings (SSSR count). The van der Waals surface area contributed by atoms with Gasteiger partial charge in [0.1, 0.15) is 10.4 Å². The molecule has 0 atom stereocenters.